The Hall–Kier alpha value is -0.780. The van der Waals surface area contributed by atoms with E-state index in [1.807, 2.05) is 0 Å². The molecule has 0 aromatic carbocycles. The van der Waals surface area contributed by atoms with E-state index in [9.17, 15) is 0 Å². The Labute approximate surface area is 102 Å². The molecular weight excluding hydrogens is 226 g/mol. The summed E-state index contributed by atoms with van der Waals surface area (Å²) >= 11 is 0. The Morgan fingerprint density at radius 1 is 1.06 bits per heavy atom. The largest absolute Gasteiger partial charge is 0.377 e. The average Bonchev–Trinajstić information content (AvgIpc) is 2.31. The van der Waals surface area contributed by atoms with Gasteiger partial charge in [-0.2, -0.15) is 0 Å². The fourth-order valence-corrected chi connectivity index (χ4v) is 1.21. The van der Waals surface area contributed by atoms with Gasteiger partial charge in [0.2, 0.25) is 6.08 Å². The highest BCUT2D eigenvalue weighted by Crippen LogP contribution is 1.99. The summed E-state index contributed by atoms with van der Waals surface area (Å²) in [6.07, 6.45) is 1.92. The van der Waals surface area contributed by atoms with Gasteiger partial charge < -0.3 is 18.9 Å². The van der Waals surface area contributed by atoms with E-state index in [1.54, 1.807) is 0 Å². The molecule has 1 unspecified atom stereocenters. The van der Waals surface area contributed by atoms with Crippen LogP contribution < -0.4 is 0 Å². The summed E-state index contributed by atoms with van der Waals surface area (Å²) in [4.78, 5) is 8.35. The molecule has 6 nitrogen and oxygen atoms in total. The van der Waals surface area contributed by atoms with Crippen molar-refractivity contribution in [1.29, 1.82) is 5.41 Å². The lowest BCUT2D eigenvalue weighted by Gasteiger charge is -2.17. The SMILES string of the molecule is CCC1COCCOCCOCCO1.N=C=O. The van der Waals surface area contributed by atoms with Crippen molar-refractivity contribution in [3.63, 3.8) is 0 Å². The predicted molar refractivity (Wildman–Crippen MR) is 60.9 cm³/mol. The molecule has 1 saturated heterocycles. The van der Waals surface area contributed by atoms with Gasteiger partial charge in [0.15, 0.2) is 0 Å². The van der Waals surface area contributed by atoms with Crippen molar-refractivity contribution in [1.82, 2.24) is 0 Å². The number of hydrogen-bond donors (Lipinski definition) is 1. The van der Waals surface area contributed by atoms with Crippen LogP contribution in [0.25, 0.3) is 0 Å². The van der Waals surface area contributed by atoms with Crippen molar-refractivity contribution < 1.29 is 23.7 Å². The molecule has 0 aliphatic carbocycles. The Balaban J connectivity index is 0.000000770. The Kier molecular flexibility index (Phi) is 12.7. The van der Waals surface area contributed by atoms with Crippen LogP contribution >= 0.6 is 0 Å². The second-order valence-corrected chi connectivity index (χ2v) is 3.30. The number of carbonyl (C=O) groups excluding carboxylic acids is 1. The third-order valence-corrected chi connectivity index (χ3v) is 2.08. The van der Waals surface area contributed by atoms with E-state index < -0.39 is 0 Å². The third kappa shape index (κ3) is 11.5. The molecule has 6 heteroatoms. The van der Waals surface area contributed by atoms with Crippen LogP contribution in [-0.4, -0.2) is 58.4 Å². The zero-order valence-corrected chi connectivity index (χ0v) is 10.3. The lowest BCUT2D eigenvalue weighted by atomic mass is 10.3. The summed E-state index contributed by atoms with van der Waals surface area (Å²) in [5.41, 5.74) is 0. The van der Waals surface area contributed by atoms with Crippen LogP contribution in [0.3, 0.4) is 0 Å². The van der Waals surface area contributed by atoms with E-state index in [4.69, 9.17) is 29.2 Å². The van der Waals surface area contributed by atoms with Crippen LogP contribution in [0, 0.1) is 5.41 Å². The molecule has 1 N–H and O–H groups in total. The quantitative estimate of drug-likeness (QED) is 0.546. The van der Waals surface area contributed by atoms with Crippen molar-refractivity contribution in [2.75, 3.05) is 46.2 Å². The lowest BCUT2D eigenvalue weighted by molar-refractivity contribution is -0.0671. The van der Waals surface area contributed by atoms with Crippen LogP contribution in [0.4, 0.5) is 0 Å². The van der Waals surface area contributed by atoms with E-state index in [1.165, 1.54) is 0 Å². The normalized spacial score (nSPS) is 23.2. The average molecular weight is 247 g/mol. The molecule has 0 radical (unpaired) electrons. The molecule has 0 saturated carbocycles. The molecule has 0 amide bonds. The van der Waals surface area contributed by atoms with Crippen molar-refractivity contribution in [2.24, 2.45) is 0 Å². The van der Waals surface area contributed by atoms with Crippen LogP contribution in [0.15, 0.2) is 0 Å². The van der Waals surface area contributed by atoms with Crippen LogP contribution in [0.5, 0.6) is 0 Å². The Morgan fingerprint density at radius 3 is 2.06 bits per heavy atom. The van der Waals surface area contributed by atoms with Crippen LogP contribution in [0.1, 0.15) is 13.3 Å². The maximum absolute atomic E-state index is 8.35. The lowest BCUT2D eigenvalue weighted by Crippen LogP contribution is -2.24. The standard InChI is InChI=1S/C10H20O4.CHNO/c1-2-10-9-13-6-5-11-3-4-12-7-8-14-10;2-1-3/h10H,2-9H2,1H3;2H. The van der Waals surface area contributed by atoms with Gasteiger partial charge in [-0.05, 0) is 6.42 Å². The number of hydrogen-bond acceptors (Lipinski definition) is 6. The van der Waals surface area contributed by atoms with E-state index in [0.29, 0.717) is 46.2 Å². The molecule has 0 spiro atoms. The smallest absolute Gasteiger partial charge is 0.231 e. The second kappa shape index (κ2) is 13.3. The highest BCUT2D eigenvalue weighted by Gasteiger charge is 2.07. The molecule has 0 bridgehead atoms. The minimum absolute atomic E-state index is 0.193. The number of rotatable bonds is 1. The number of isocyanates is 1. The first-order valence-electron chi connectivity index (χ1n) is 5.73. The monoisotopic (exact) mass is 247 g/mol. The summed E-state index contributed by atoms with van der Waals surface area (Å²) < 4.78 is 21.6. The number of ether oxygens (including phenoxy) is 4. The Bertz CT molecular complexity index is 182. The minimum atomic E-state index is 0.193. The molecule has 1 rings (SSSR count). The summed E-state index contributed by atoms with van der Waals surface area (Å²) in [7, 11) is 0. The van der Waals surface area contributed by atoms with Gasteiger partial charge in [-0.15, -0.1) is 0 Å². The van der Waals surface area contributed by atoms with E-state index in [0.717, 1.165) is 12.5 Å². The van der Waals surface area contributed by atoms with Gasteiger partial charge in [0, 0.05) is 0 Å². The first kappa shape index (κ1) is 16.2. The minimum Gasteiger partial charge on any atom is -0.377 e. The van der Waals surface area contributed by atoms with Gasteiger partial charge in [0.1, 0.15) is 0 Å². The molecule has 0 aromatic heterocycles. The fourth-order valence-electron chi connectivity index (χ4n) is 1.21. The number of nitrogens with one attached hydrogen (secondary N) is 1. The van der Waals surface area contributed by atoms with Crippen molar-refractivity contribution in [3.05, 3.63) is 0 Å². The molecular formula is C11H21NO5. The van der Waals surface area contributed by atoms with Gasteiger partial charge in [0.25, 0.3) is 0 Å². The molecule has 100 valence electrons. The summed E-state index contributed by atoms with van der Waals surface area (Å²) in [6, 6.07) is 0. The molecule has 1 aliphatic heterocycles. The molecule has 1 fully saturated rings. The highest BCUT2D eigenvalue weighted by molar-refractivity contribution is 5.26. The van der Waals surface area contributed by atoms with Gasteiger partial charge in [-0.3, -0.25) is 0 Å². The topological polar surface area (TPSA) is 77.8 Å². The summed E-state index contributed by atoms with van der Waals surface area (Å²) in [5.74, 6) is 0. The maximum Gasteiger partial charge on any atom is 0.231 e. The summed E-state index contributed by atoms with van der Waals surface area (Å²) in [6.45, 7) is 6.58. The first-order chi connectivity index (χ1) is 8.35. The van der Waals surface area contributed by atoms with Gasteiger partial charge in [-0.1, -0.05) is 6.92 Å². The fraction of sp³-hybridized carbons (Fsp3) is 0.909. The maximum atomic E-state index is 8.35. The van der Waals surface area contributed by atoms with Gasteiger partial charge in [-0.25, -0.2) is 10.2 Å². The summed E-state index contributed by atoms with van der Waals surface area (Å²) in [5, 5.41) is 5.40. The zero-order chi connectivity index (χ0) is 12.8. The molecule has 1 atom stereocenters. The second-order valence-electron chi connectivity index (χ2n) is 3.30. The molecule has 17 heavy (non-hydrogen) atoms. The van der Waals surface area contributed by atoms with Crippen molar-refractivity contribution in [2.45, 2.75) is 19.4 Å². The zero-order valence-electron chi connectivity index (χ0n) is 10.3. The van der Waals surface area contributed by atoms with Crippen molar-refractivity contribution >= 4 is 6.08 Å². The van der Waals surface area contributed by atoms with E-state index in [2.05, 4.69) is 6.92 Å². The first-order valence-corrected chi connectivity index (χ1v) is 5.73. The van der Waals surface area contributed by atoms with Gasteiger partial charge in [0.05, 0.1) is 52.4 Å². The van der Waals surface area contributed by atoms with Gasteiger partial charge >= 0.3 is 0 Å². The van der Waals surface area contributed by atoms with E-state index >= 15 is 0 Å². The van der Waals surface area contributed by atoms with Crippen molar-refractivity contribution in [3.8, 4) is 0 Å². The predicted octanol–water partition coefficient (Wildman–Crippen LogP) is 0.746. The molecule has 0 aromatic rings. The third-order valence-electron chi connectivity index (χ3n) is 2.08. The Morgan fingerprint density at radius 2 is 1.53 bits per heavy atom. The van der Waals surface area contributed by atoms with E-state index in [-0.39, 0.29) is 6.10 Å². The van der Waals surface area contributed by atoms with Crippen LogP contribution in [0.2, 0.25) is 0 Å². The molecule has 1 heterocycles. The highest BCUT2D eigenvalue weighted by atomic mass is 16.6. The molecule has 1 aliphatic rings. The van der Waals surface area contributed by atoms with Crippen LogP contribution in [-0.2, 0) is 23.7 Å².